The molecule has 0 atom stereocenters. The number of imidazole rings is 1. The number of rotatable bonds is 4. The molecule has 18 heavy (non-hydrogen) atoms. The van der Waals surface area contributed by atoms with Crippen molar-refractivity contribution in [3.63, 3.8) is 0 Å². The number of aromatic amines is 1. The van der Waals surface area contributed by atoms with Gasteiger partial charge >= 0.3 is 0 Å². The van der Waals surface area contributed by atoms with Crippen molar-refractivity contribution in [2.24, 2.45) is 5.10 Å². The molecule has 94 valence electrons. The van der Waals surface area contributed by atoms with Gasteiger partial charge in [0.05, 0.1) is 6.33 Å². The van der Waals surface area contributed by atoms with Gasteiger partial charge in [-0.15, -0.1) is 0 Å². The monoisotopic (exact) mass is 249 g/mol. The van der Waals surface area contributed by atoms with Gasteiger partial charge in [-0.2, -0.15) is 10.4 Å². The van der Waals surface area contributed by atoms with Gasteiger partial charge in [-0.25, -0.2) is 4.98 Å². The Balaban J connectivity index is 2.89. The van der Waals surface area contributed by atoms with Crippen molar-refractivity contribution >= 4 is 23.3 Å². The molecule has 0 bridgehead atoms. The first-order valence-corrected chi connectivity index (χ1v) is 4.85. The van der Waals surface area contributed by atoms with E-state index in [1.54, 1.807) is 6.07 Å². The third kappa shape index (κ3) is 2.82. The molecule has 1 heterocycles. The lowest BCUT2D eigenvalue weighted by Gasteiger charge is -2.01. The van der Waals surface area contributed by atoms with Gasteiger partial charge in [0.25, 0.3) is 11.8 Å². The first-order chi connectivity index (χ1) is 8.63. The molecule has 4 N–H and O–H groups in total. The van der Waals surface area contributed by atoms with Crippen LogP contribution in [0.25, 0.3) is 0 Å². The molecule has 0 aliphatic heterocycles. The second-order valence-corrected chi connectivity index (χ2v) is 2.97. The summed E-state index contributed by atoms with van der Waals surface area (Å²) in [7, 11) is 2.83. The number of nitriles is 1. The summed E-state index contributed by atoms with van der Waals surface area (Å²) in [6.45, 7) is 0. The van der Waals surface area contributed by atoms with Crippen molar-refractivity contribution in [1.29, 1.82) is 5.26 Å². The lowest BCUT2D eigenvalue weighted by Crippen LogP contribution is -2.27. The average molecular weight is 249 g/mol. The third-order valence-electron chi connectivity index (χ3n) is 1.92. The van der Waals surface area contributed by atoms with Crippen molar-refractivity contribution in [2.45, 2.75) is 0 Å². The number of hydrogen-bond donors (Lipinski definition) is 4. The van der Waals surface area contributed by atoms with E-state index < -0.39 is 11.8 Å². The number of nitrogens with zero attached hydrogens (tertiary/aromatic N) is 3. The minimum absolute atomic E-state index is 0.117. The average Bonchev–Trinajstić information content (AvgIpc) is 2.86. The van der Waals surface area contributed by atoms with E-state index in [9.17, 15) is 9.59 Å². The zero-order chi connectivity index (χ0) is 13.5. The molecular formula is C9H11N7O2. The molecule has 9 nitrogen and oxygen atoms in total. The van der Waals surface area contributed by atoms with Crippen molar-refractivity contribution in [3.8, 4) is 6.07 Å². The van der Waals surface area contributed by atoms with Gasteiger partial charge in [-0.3, -0.25) is 15.0 Å². The van der Waals surface area contributed by atoms with E-state index in [4.69, 9.17) is 5.26 Å². The maximum absolute atomic E-state index is 11.4. The SMILES string of the molecule is CNC(=O)/C(C#N)=N/Nc1nc[nH]c1C(=O)NC. The standard InChI is InChI=1S/C9H11N7O2/c1-11-8(17)5(3-10)15-16-7-6(9(18)12-2)13-4-14-7/h4,16H,1-2H3,(H,11,17)(H,12,18)(H,13,14)/b15-5+. The predicted molar refractivity (Wildman–Crippen MR) is 62.7 cm³/mol. The fourth-order valence-corrected chi connectivity index (χ4v) is 1.03. The van der Waals surface area contributed by atoms with Gasteiger partial charge in [0.15, 0.2) is 5.82 Å². The molecule has 0 saturated heterocycles. The van der Waals surface area contributed by atoms with E-state index in [1.165, 1.54) is 20.4 Å². The van der Waals surface area contributed by atoms with Crippen molar-refractivity contribution < 1.29 is 9.59 Å². The molecule has 9 heteroatoms. The first kappa shape index (κ1) is 13.2. The van der Waals surface area contributed by atoms with Crippen molar-refractivity contribution in [2.75, 3.05) is 19.5 Å². The molecule has 0 spiro atoms. The van der Waals surface area contributed by atoms with Crippen LogP contribution in [0.2, 0.25) is 0 Å². The summed E-state index contributed by atoms with van der Waals surface area (Å²) in [5, 5.41) is 16.9. The Morgan fingerprint density at radius 2 is 2.17 bits per heavy atom. The minimum Gasteiger partial charge on any atom is -0.354 e. The topological polar surface area (TPSA) is 135 Å². The summed E-state index contributed by atoms with van der Waals surface area (Å²) in [5.74, 6) is -0.920. The van der Waals surface area contributed by atoms with Crippen LogP contribution in [0.3, 0.4) is 0 Å². The molecule has 1 aromatic rings. The van der Waals surface area contributed by atoms with Crippen LogP contribution in [-0.4, -0.2) is 41.6 Å². The largest absolute Gasteiger partial charge is 0.354 e. The maximum atomic E-state index is 11.4. The summed E-state index contributed by atoms with van der Waals surface area (Å²) < 4.78 is 0. The van der Waals surface area contributed by atoms with E-state index in [-0.39, 0.29) is 17.2 Å². The van der Waals surface area contributed by atoms with Gasteiger partial charge < -0.3 is 15.6 Å². The van der Waals surface area contributed by atoms with Gasteiger partial charge in [-0.1, -0.05) is 0 Å². The fourth-order valence-electron chi connectivity index (χ4n) is 1.03. The highest BCUT2D eigenvalue weighted by atomic mass is 16.2. The molecule has 0 aromatic carbocycles. The number of H-pyrrole nitrogens is 1. The third-order valence-corrected chi connectivity index (χ3v) is 1.92. The van der Waals surface area contributed by atoms with E-state index in [2.05, 4.69) is 31.1 Å². The second kappa shape index (κ2) is 6.00. The lowest BCUT2D eigenvalue weighted by molar-refractivity contribution is -0.114. The molecular weight excluding hydrogens is 238 g/mol. The van der Waals surface area contributed by atoms with E-state index in [1.807, 2.05) is 0 Å². The predicted octanol–water partition coefficient (Wildman–Crippen LogP) is -1.19. The van der Waals surface area contributed by atoms with Crippen molar-refractivity contribution in [1.82, 2.24) is 20.6 Å². The normalized spacial score (nSPS) is 10.4. The Morgan fingerprint density at radius 3 is 2.72 bits per heavy atom. The second-order valence-electron chi connectivity index (χ2n) is 2.97. The highest BCUT2D eigenvalue weighted by molar-refractivity contribution is 6.45. The maximum Gasteiger partial charge on any atom is 0.282 e. The highest BCUT2D eigenvalue weighted by Gasteiger charge is 2.13. The first-order valence-electron chi connectivity index (χ1n) is 4.85. The fraction of sp³-hybridized carbons (Fsp3) is 0.222. The van der Waals surface area contributed by atoms with Crippen LogP contribution in [0.5, 0.6) is 0 Å². The van der Waals surface area contributed by atoms with Crippen LogP contribution < -0.4 is 16.1 Å². The molecule has 2 amide bonds. The Kier molecular flexibility index (Phi) is 4.39. The zero-order valence-electron chi connectivity index (χ0n) is 9.74. The lowest BCUT2D eigenvalue weighted by atomic mass is 10.4. The smallest absolute Gasteiger partial charge is 0.282 e. The van der Waals surface area contributed by atoms with Crippen LogP contribution in [0.15, 0.2) is 11.4 Å². The summed E-state index contributed by atoms with van der Waals surface area (Å²) in [6.07, 6.45) is 1.29. The highest BCUT2D eigenvalue weighted by Crippen LogP contribution is 2.08. The number of carbonyl (C=O) groups is 2. The van der Waals surface area contributed by atoms with Crippen LogP contribution >= 0.6 is 0 Å². The quantitative estimate of drug-likeness (QED) is 0.393. The summed E-state index contributed by atoms with van der Waals surface area (Å²) >= 11 is 0. The number of nitrogens with one attached hydrogen (secondary N) is 4. The molecule has 1 aromatic heterocycles. The van der Waals surface area contributed by atoms with Crippen LogP contribution in [0, 0.1) is 11.3 Å². The number of amides is 2. The molecule has 0 unspecified atom stereocenters. The molecule has 0 aliphatic carbocycles. The van der Waals surface area contributed by atoms with Gasteiger partial charge in [0, 0.05) is 14.1 Å². The van der Waals surface area contributed by atoms with Gasteiger partial charge in [0.2, 0.25) is 5.71 Å². The number of hydrogen-bond acceptors (Lipinski definition) is 6. The molecule has 0 aliphatic rings. The van der Waals surface area contributed by atoms with Crippen LogP contribution in [-0.2, 0) is 4.79 Å². The molecule has 1 rings (SSSR count). The Labute approximate surface area is 102 Å². The number of aromatic nitrogens is 2. The van der Waals surface area contributed by atoms with E-state index >= 15 is 0 Å². The molecule has 0 radical (unpaired) electrons. The number of hydrazone groups is 1. The minimum atomic E-state index is -0.637. The number of carbonyl (C=O) groups excluding carboxylic acids is 2. The Morgan fingerprint density at radius 1 is 1.44 bits per heavy atom. The summed E-state index contributed by atoms with van der Waals surface area (Å²) in [6, 6.07) is 1.61. The Hall–Kier alpha value is -2.89. The summed E-state index contributed by atoms with van der Waals surface area (Å²) in [5.41, 5.74) is 2.15. The molecule has 0 saturated carbocycles. The summed E-state index contributed by atoms with van der Waals surface area (Å²) in [4.78, 5) is 29.0. The number of anilines is 1. The van der Waals surface area contributed by atoms with E-state index in [0.29, 0.717) is 0 Å². The van der Waals surface area contributed by atoms with Crippen LogP contribution in [0.4, 0.5) is 5.82 Å². The van der Waals surface area contributed by atoms with Gasteiger partial charge in [0.1, 0.15) is 11.8 Å². The zero-order valence-corrected chi connectivity index (χ0v) is 9.74. The van der Waals surface area contributed by atoms with E-state index in [0.717, 1.165) is 0 Å². The van der Waals surface area contributed by atoms with Gasteiger partial charge in [-0.05, 0) is 0 Å². The molecule has 0 fully saturated rings. The van der Waals surface area contributed by atoms with Crippen LogP contribution in [0.1, 0.15) is 10.5 Å². The Bertz CT molecular complexity index is 525. The van der Waals surface area contributed by atoms with Crippen molar-refractivity contribution in [3.05, 3.63) is 12.0 Å².